The molecule has 0 aliphatic heterocycles. The van der Waals surface area contributed by atoms with Crippen LogP contribution in [0.3, 0.4) is 0 Å². The second-order valence-corrected chi connectivity index (χ2v) is 8.38. The van der Waals surface area contributed by atoms with Crippen LogP contribution in [0.4, 0.5) is 0 Å². The highest BCUT2D eigenvalue weighted by Gasteiger charge is 2.26. The number of benzene rings is 4. The van der Waals surface area contributed by atoms with Gasteiger partial charge < -0.3 is 0 Å². The first-order chi connectivity index (χ1) is 14.9. The Labute approximate surface area is 178 Å². The zero-order valence-electron chi connectivity index (χ0n) is 17.1. The van der Waals surface area contributed by atoms with E-state index in [1.807, 2.05) is 0 Å². The molecular weight excluding hydrogens is 360 g/mol. The highest BCUT2D eigenvalue weighted by atomic mass is 14.3. The zero-order valence-corrected chi connectivity index (χ0v) is 17.1. The number of fused-ring (bicyclic) bond motifs is 4. The van der Waals surface area contributed by atoms with Crippen LogP contribution in [0.1, 0.15) is 44.5 Å². The Kier molecular flexibility index (Phi) is 4.16. The maximum Gasteiger partial charge on any atom is -0.00211 e. The van der Waals surface area contributed by atoms with Gasteiger partial charge in [0.05, 0.1) is 0 Å². The van der Waals surface area contributed by atoms with Crippen molar-refractivity contribution in [1.29, 1.82) is 0 Å². The molecule has 30 heavy (non-hydrogen) atoms. The number of rotatable bonds is 0. The third-order valence-electron chi connectivity index (χ3n) is 6.72. The summed E-state index contributed by atoms with van der Waals surface area (Å²) in [5.74, 6) is 0. The van der Waals surface area contributed by atoms with E-state index in [0.29, 0.717) is 0 Å². The van der Waals surface area contributed by atoms with E-state index in [9.17, 15) is 0 Å². The Morgan fingerprint density at radius 1 is 0.300 bits per heavy atom. The minimum absolute atomic E-state index is 1.09. The lowest BCUT2D eigenvalue weighted by Gasteiger charge is -2.21. The summed E-state index contributed by atoms with van der Waals surface area (Å²) in [6.07, 6.45) is 4.36. The van der Waals surface area contributed by atoms with Gasteiger partial charge in [0.2, 0.25) is 0 Å². The lowest BCUT2D eigenvalue weighted by molar-refractivity contribution is 0.965. The quantitative estimate of drug-likeness (QED) is 0.310. The lowest BCUT2D eigenvalue weighted by atomic mass is 9.82. The summed E-state index contributed by atoms with van der Waals surface area (Å²) in [6.45, 7) is 0. The van der Waals surface area contributed by atoms with Gasteiger partial charge >= 0.3 is 0 Å². The van der Waals surface area contributed by atoms with E-state index in [4.69, 9.17) is 0 Å². The second kappa shape index (κ2) is 7.15. The van der Waals surface area contributed by atoms with E-state index in [1.165, 1.54) is 55.7 Å². The molecule has 0 radical (unpaired) electrons. The van der Waals surface area contributed by atoms with Crippen molar-refractivity contribution in [2.75, 3.05) is 0 Å². The van der Waals surface area contributed by atoms with Crippen molar-refractivity contribution in [3.8, 4) is 0 Å². The minimum Gasteiger partial charge on any atom is -0.0620 e. The van der Waals surface area contributed by atoms with E-state index in [0.717, 1.165) is 25.7 Å². The monoisotopic (exact) mass is 384 g/mol. The van der Waals surface area contributed by atoms with Crippen LogP contribution in [0.2, 0.25) is 0 Å². The van der Waals surface area contributed by atoms with Crippen LogP contribution >= 0.6 is 0 Å². The van der Waals surface area contributed by atoms with E-state index < -0.39 is 0 Å². The van der Waals surface area contributed by atoms with Crippen molar-refractivity contribution in [2.45, 2.75) is 25.7 Å². The Morgan fingerprint density at radius 2 is 0.533 bits per heavy atom. The molecular formula is C30H24. The van der Waals surface area contributed by atoms with Gasteiger partial charge in [-0.05, 0) is 81.3 Å². The van der Waals surface area contributed by atoms with E-state index in [1.54, 1.807) is 0 Å². The summed E-state index contributed by atoms with van der Waals surface area (Å²) in [5.41, 5.74) is 14.2. The summed E-state index contributed by atoms with van der Waals surface area (Å²) in [6, 6.07) is 36.1. The highest BCUT2D eigenvalue weighted by Crippen LogP contribution is 2.44. The highest BCUT2D eigenvalue weighted by molar-refractivity contribution is 6.07. The molecule has 4 aromatic carbocycles. The molecule has 0 bridgehead atoms. The van der Waals surface area contributed by atoms with Crippen LogP contribution < -0.4 is 0 Å². The van der Waals surface area contributed by atoms with Gasteiger partial charge in [0, 0.05) is 0 Å². The molecule has 2 aliphatic carbocycles. The fourth-order valence-electron chi connectivity index (χ4n) is 5.30. The summed E-state index contributed by atoms with van der Waals surface area (Å²) in [5, 5.41) is 0. The van der Waals surface area contributed by atoms with Gasteiger partial charge in [0.15, 0.2) is 0 Å². The number of aryl methyl sites for hydroxylation is 4. The largest absolute Gasteiger partial charge is 0.0620 e. The fraction of sp³-hybridized carbons (Fsp3) is 0.133. The predicted molar refractivity (Wildman–Crippen MR) is 126 cm³/mol. The average Bonchev–Trinajstić information content (AvgIpc) is 3.07. The van der Waals surface area contributed by atoms with Gasteiger partial charge in [0.1, 0.15) is 0 Å². The fourth-order valence-corrected chi connectivity index (χ4v) is 5.30. The van der Waals surface area contributed by atoms with Gasteiger partial charge in [-0.1, -0.05) is 97.1 Å². The van der Waals surface area contributed by atoms with Crippen LogP contribution in [0, 0.1) is 0 Å². The van der Waals surface area contributed by atoms with Gasteiger partial charge in [-0.3, -0.25) is 0 Å². The molecule has 0 saturated carbocycles. The summed E-state index contributed by atoms with van der Waals surface area (Å²) in [4.78, 5) is 0. The Morgan fingerprint density at radius 3 is 0.800 bits per heavy atom. The molecule has 4 aromatic rings. The summed E-state index contributed by atoms with van der Waals surface area (Å²) >= 11 is 0. The maximum atomic E-state index is 2.33. The molecule has 6 rings (SSSR count). The molecule has 0 N–H and O–H groups in total. The van der Waals surface area contributed by atoms with Crippen molar-refractivity contribution < 1.29 is 0 Å². The van der Waals surface area contributed by atoms with Crippen LogP contribution in [0.15, 0.2) is 97.1 Å². The van der Waals surface area contributed by atoms with Crippen molar-refractivity contribution >= 4 is 11.1 Å². The molecule has 0 saturated heterocycles. The SMILES string of the molecule is c1ccc2c(c1)CCc1ccccc1C2=C1c2ccccc2CCc2ccccc21. The normalized spacial score (nSPS) is 14.7. The number of hydrogen-bond donors (Lipinski definition) is 0. The molecule has 0 unspecified atom stereocenters. The minimum atomic E-state index is 1.09. The molecule has 0 spiro atoms. The smallest absolute Gasteiger partial charge is 0.00211 e. The summed E-state index contributed by atoms with van der Waals surface area (Å²) < 4.78 is 0. The van der Waals surface area contributed by atoms with Crippen molar-refractivity contribution in [3.63, 3.8) is 0 Å². The second-order valence-electron chi connectivity index (χ2n) is 8.38. The third kappa shape index (κ3) is 2.75. The maximum absolute atomic E-state index is 2.33. The van der Waals surface area contributed by atoms with Gasteiger partial charge in [-0.25, -0.2) is 0 Å². The molecule has 0 aromatic heterocycles. The Bertz CT molecular complexity index is 1090. The molecule has 144 valence electrons. The molecule has 0 heteroatoms. The molecule has 2 aliphatic rings. The standard InChI is InChI=1S/C30H24/c1-5-13-25-21(9-1)17-18-22-10-2-6-14-26(22)29(25)30-27-15-7-3-11-23(27)19-20-24-12-4-8-16-28(24)30/h1-16H,17-20H2. The Balaban J connectivity index is 1.82. The van der Waals surface area contributed by atoms with E-state index in [2.05, 4.69) is 97.1 Å². The molecule has 0 nitrogen and oxygen atoms in total. The predicted octanol–water partition coefficient (Wildman–Crippen LogP) is 6.89. The van der Waals surface area contributed by atoms with Gasteiger partial charge in [0.25, 0.3) is 0 Å². The van der Waals surface area contributed by atoms with Crippen molar-refractivity contribution in [3.05, 3.63) is 142 Å². The topological polar surface area (TPSA) is 0 Å². The molecule has 0 fully saturated rings. The first-order valence-corrected chi connectivity index (χ1v) is 11.0. The lowest BCUT2D eigenvalue weighted by Crippen LogP contribution is -2.01. The Hall–Kier alpha value is -3.38. The summed E-state index contributed by atoms with van der Waals surface area (Å²) in [7, 11) is 0. The number of hydrogen-bond acceptors (Lipinski definition) is 0. The zero-order chi connectivity index (χ0) is 19.9. The van der Waals surface area contributed by atoms with E-state index in [-0.39, 0.29) is 0 Å². The third-order valence-corrected chi connectivity index (χ3v) is 6.72. The van der Waals surface area contributed by atoms with Gasteiger partial charge in [-0.15, -0.1) is 0 Å². The van der Waals surface area contributed by atoms with Crippen molar-refractivity contribution in [2.24, 2.45) is 0 Å². The van der Waals surface area contributed by atoms with Gasteiger partial charge in [-0.2, -0.15) is 0 Å². The van der Waals surface area contributed by atoms with Crippen LogP contribution in [0.5, 0.6) is 0 Å². The van der Waals surface area contributed by atoms with Crippen LogP contribution in [-0.2, 0) is 25.7 Å². The first kappa shape index (κ1) is 17.5. The van der Waals surface area contributed by atoms with Crippen LogP contribution in [0.25, 0.3) is 11.1 Å². The molecule has 0 amide bonds. The molecule has 0 heterocycles. The first-order valence-electron chi connectivity index (χ1n) is 11.0. The van der Waals surface area contributed by atoms with Crippen molar-refractivity contribution in [1.82, 2.24) is 0 Å². The van der Waals surface area contributed by atoms with E-state index >= 15 is 0 Å². The molecule has 0 atom stereocenters. The van der Waals surface area contributed by atoms with Crippen LogP contribution in [-0.4, -0.2) is 0 Å². The average molecular weight is 385 g/mol.